The molecule has 0 aliphatic carbocycles. The Labute approximate surface area is 129 Å². The number of carbonyl (C=O) groups is 3. The number of benzene rings is 1. The van der Waals surface area contributed by atoms with Crippen LogP contribution in [0, 0.1) is 5.41 Å². The lowest BCUT2D eigenvalue weighted by molar-refractivity contribution is -0.142. The fourth-order valence-corrected chi connectivity index (χ4v) is 2.50. The molecular weight excluding hydrogens is 280 g/mol. The zero-order chi connectivity index (χ0) is 16.2. The van der Waals surface area contributed by atoms with E-state index in [4.69, 9.17) is 0 Å². The maximum absolute atomic E-state index is 12.9. The number of hydrogen-bond acceptors (Lipinski definition) is 3. The number of hydrogen-bond donors (Lipinski definition) is 1. The second kappa shape index (κ2) is 6.39. The number of carbonyl (C=O) groups excluding carboxylic acids is 3. The van der Waals surface area contributed by atoms with E-state index in [9.17, 15) is 14.4 Å². The summed E-state index contributed by atoms with van der Waals surface area (Å²) in [6, 6.07) is 7.84. The first-order valence-electron chi connectivity index (χ1n) is 7.04. The molecule has 22 heavy (non-hydrogen) atoms. The van der Waals surface area contributed by atoms with E-state index < -0.39 is 23.3 Å². The van der Waals surface area contributed by atoms with Crippen LogP contribution in [0.1, 0.15) is 19.8 Å². The molecule has 0 saturated carbocycles. The van der Waals surface area contributed by atoms with Gasteiger partial charge in [-0.2, -0.15) is 0 Å². The van der Waals surface area contributed by atoms with Gasteiger partial charge in [-0.25, -0.2) is 9.69 Å². The van der Waals surface area contributed by atoms with Crippen molar-refractivity contribution in [2.24, 2.45) is 5.41 Å². The normalized spacial score (nSPS) is 22.0. The number of rotatable bonds is 5. The number of amides is 4. The summed E-state index contributed by atoms with van der Waals surface area (Å²) in [6.45, 7) is 5.45. The Morgan fingerprint density at radius 3 is 2.45 bits per heavy atom. The first-order valence-corrected chi connectivity index (χ1v) is 7.04. The average Bonchev–Trinajstić information content (AvgIpc) is 2.51. The van der Waals surface area contributed by atoms with Crippen LogP contribution in [0.4, 0.5) is 10.5 Å². The summed E-state index contributed by atoms with van der Waals surface area (Å²) in [6.07, 6.45) is 5.43. The summed E-state index contributed by atoms with van der Waals surface area (Å²) < 4.78 is 0. The summed E-state index contributed by atoms with van der Waals surface area (Å²) in [5.74, 6) is -1.10. The molecule has 5 heteroatoms. The first kappa shape index (κ1) is 15.7. The summed E-state index contributed by atoms with van der Waals surface area (Å²) in [5.41, 5.74) is -0.899. The zero-order valence-electron chi connectivity index (χ0n) is 12.4. The van der Waals surface area contributed by atoms with Gasteiger partial charge in [0.05, 0.1) is 5.69 Å². The van der Waals surface area contributed by atoms with Gasteiger partial charge in [-0.05, 0) is 31.9 Å². The highest BCUT2D eigenvalue weighted by Crippen LogP contribution is 2.35. The maximum atomic E-state index is 12.9. The Balaban J connectivity index is 2.49. The second-order valence-corrected chi connectivity index (χ2v) is 5.08. The van der Waals surface area contributed by atoms with Crippen molar-refractivity contribution in [1.82, 2.24) is 5.32 Å². The Kier molecular flexibility index (Phi) is 4.56. The first-order chi connectivity index (χ1) is 10.6. The van der Waals surface area contributed by atoms with Crippen LogP contribution < -0.4 is 10.2 Å². The molecule has 0 radical (unpaired) electrons. The quantitative estimate of drug-likeness (QED) is 0.671. The molecule has 1 unspecified atom stereocenters. The predicted octanol–water partition coefficient (Wildman–Crippen LogP) is 2.80. The monoisotopic (exact) mass is 298 g/mol. The van der Waals surface area contributed by atoms with E-state index in [1.807, 2.05) is 6.92 Å². The van der Waals surface area contributed by atoms with Gasteiger partial charge in [0.25, 0.3) is 5.91 Å². The summed E-state index contributed by atoms with van der Waals surface area (Å²) in [4.78, 5) is 38.4. The fourth-order valence-electron chi connectivity index (χ4n) is 2.50. The predicted molar refractivity (Wildman–Crippen MR) is 84.1 cm³/mol. The number of urea groups is 1. The van der Waals surface area contributed by atoms with E-state index in [0.717, 1.165) is 4.90 Å². The lowest BCUT2D eigenvalue weighted by Gasteiger charge is -2.38. The number of anilines is 1. The van der Waals surface area contributed by atoms with E-state index >= 15 is 0 Å². The number of nitrogens with one attached hydrogen (secondary N) is 1. The molecule has 1 aromatic rings. The smallest absolute Gasteiger partial charge is 0.276 e. The van der Waals surface area contributed by atoms with E-state index in [2.05, 4.69) is 11.9 Å². The third-order valence-corrected chi connectivity index (χ3v) is 3.68. The maximum Gasteiger partial charge on any atom is 0.335 e. The van der Waals surface area contributed by atoms with Gasteiger partial charge in [0.1, 0.15) is 5.41 Å². The van der Waals surface area contributed by atoms with E-state index in [-0.39, 0.29) is 12.8 Å². The zero-order valence-corrected chi connectivity index (χ0v) is 12.4. The molecule has 5 nitrogen and oxygen atoms in total. The molecule has 1 N–H and O–H groups in total. The van der Waals surface area contributed by atoms with Crippen molar-refractivity contribution in [3.63, 3.8) is 0 Å². The van der Waals surface area contributed by atoms with Crippen molar-refractivity contribution in [1.29, 1.82) is 0 Å². The molecular formula is C17H18N2O3. The summed E-state index contributed by atoms with van der Waals surface area (Å²) >= 11 is 0. The van der Waals surface area contributed by atoms with Crippen LogP contribution in [0.3, 0.4) is 0 Å². The van der Waals surface area contributed by atoms with Crippen LogP contribution >= 0.6 is 0 Å². The molecule has 1 atom stereocenters. The highest BCUT2D eigenvalue weighted by atomic mass is 16.2. The fraction of sp³-hybridized carbons (Fsp3) is 0.235. The topological polar surface area (TPSA) is 66.5 Å². The average molecular weight is 298 g/mol. The van der Waals surface area contributed by atoms with E-state index in [1.165, 1.54) is 6.08 Å². The van der Waals surface area contributed by atoms with Crippen molar-refractivity contribution in [2.45, 2.75) is 19.8 Å². The Hall–Kier alpha value is -2.69. The molecule has 4 amide bonds. The highest BCUT2D eigenvalue weighted by molar-refractivity contribution is 6.30. The van der Waals surface area contributed by atoms with Crippen LogP contribution in [0.15, 0.2) is 55.1 Å². The van der Waals surface area contributed by atoms with Crippen LogP contribution in [0.5, 0.6) is 0 Å². The lowest BCUT2D eigenvalue weighted by Crippen LogP contribution is -2.64. The molecule has 2 rings (SSSR count). The third-order valence-electron chi connectivity index (χ3n) is 3.68. The van der Waals surface area contributed by atoms with E-state index in [1.54, 1.807) is 42.5 Å². The van der Waals surface area contributed by atoms with Crippen LogP contribution in [0.25, 0.3) is 0 Å². The van der Waals surface area contributed by atoms with E-state index in [0.29, 0.717) is 5.69 Å². The third kappa shape index (κ3) is 2.57. The molecule has 1 aliphatic heterocycles. The van der Waals surface area contributed by atoms with Crippen LogP contribution in [0.2, 0.25) is 0 Å². The number of imide groups is 2. The Bertz CT molecular complexity index is 637. The minimum absolute atomic E-state index is 0.165. The molecule has 0 bridgehead atoms. The van der Waals surface area contributed by atoms with Gasteiger partial charge < -0.3 is 0 Å². The molecule has 0 spiro atoms. The summed E-state index contributed by atoms with van der Waals surface area (Å²) in [7, 11) is 0. The van der Waals surface area contributed by atoms with Crippen molar-refractivity contribution >= 4 is 23.5 Å². The number of nitrogens with zero attached hydrogens (tertiary/aromatic N) is 1. The largest absolute Gasteiger partial charge is 0.335 e. The van der Waals surface area contributed by atoms with Gasteiger partial charge in [0, 0.05) is 0 Å². The number of para-hydroxylation sites is 1. The molecule has 0 aromatic heterocycles. The summed E-state index contributed by atoms with van der Waals surface area (Å²) in [5, 5.41) is 2.29. The van der Waals surface area contributed by atoms with Gasteiger partial charge in [0.15, 0.2) is 0 Å². The molecule has 1 aromatic carbocycles. The Morgan fingerprint density at radius 1 is 1.18 bits per heavy atom. The molecule has 1 fully saturated rings. The van der Waals surface area contributed by atoms with Gasteiger partial charge in [-0.15, -0.1) is 6.58 Å². The molecule has 114 valence electrons. The molecule has 1 aliphatic rings. The van der Waals surface area contributed by atoms with Crippen molar-refractivity contribution in [3.05, 3.63) is 55.1 Å². The van der Waals surface area contributed by atoms with Crippen molar-refractivity contribution in [3.8, 4) is 0 Å². The van der Waals surface area contributed by atoms with Crippen molar-refractivity contribution in [2.75, 3.05) is 4.90 Å². The Morgan fingerprint density at radius 2 is 1.86 bits per heavy atom. The van der Waals surface area contributed by atoms with Crippen LogP contribution in [-0.4, -0.2) is 17.8 Å². The SMILES string of the molecule is C=CCC1(C/C=C/C)C(=O)NC(=O)N(c2ccccc2)C1=O. The highest BCUT2D eigenvalue weighted by Gasteiger charge is 2.52. The molecule has 1 saturated heterocycles. The lowest BCUT2D eigenvalue weighted by atomic mass is 9.77. The standard InChI is InChI=1S/C17H18N2O3/c1-3-5-12-17(11-4-2)14(20)18-16(22)19(15(17)21)13-9-7-6-8-10-13/h3-10H,2,11-12H2,1H3,(H,18,20,22)/b5-3+. The van der Waals surface area contributed by atoms with Gasteiger partial charge >= 0.3 is 6.03 Å². The van der Waals surface area contributed by atoms with Gasteiger partial charge in [0.2, 0.25) is 5.91 Å². The number of allylic oxidation sites excluding steroid dienone is 3. The van der Waals surface area contributed by atoms with Crippen LogP contribution in [-0.2, 0) is 9.59 Å². The molecule has 1 heterocycles. The minimum Gasteiger partial charge on any atom is -0.276 e. The van der Waals surface area contributed by atoms with Gasteiger partial charge in [-0.3, -0.25) is 14.9 Å². The second-order valence-electron chi connectivity index (χ2n) is 5.08. The number of barbiturate groups is 1. The van der Waals surface area contributed by atoms with Crippen molar-refractivity contribution < 1.29 is 14.4 Å². The van der Waals surface area contributed by atoms with Gasteiger partial charge in [-0.1, -0.05) is 36.4 Å². The minimum atomic E-state index is -1.34.